The molecule has 7 nitrogen and oxygen atoms in total. The van der Waals surface area contributed by atoms with Crippen molar-refractivity contribution in [2.24, 2.45) is 7.05 Å². The number of benzene rings is 1. The van der Waals surface area contributed by atoms with Gasteiger partial charge >= 0.3 is 0 Å². The molecule has 3 aromatic rings. The predicted molar refractivity (Wildman–Crippen MR) is 103 cm³/mol. The van der Waals surface area contributed by atoms with Gasteiger partial charge in [-0.3, -0.25) is 9.48 Å². The smallest absolute Gasteiger partial charge is 0.275 e. The van der Waals surface area contributed by atoms with Crippen molar-refractivity contribution in [3.8, 4) is 0 Å². The van der Waals surface area contributed by atoms with Crippen LogP contribution in [0, 0.1) is 0 Å². The average molecular weight is 362 g/mol. The number of carbonyl (C=O) groups is 1. The van der Waals surface area contributed by atoms with E-state index in [1.807, 2.05) is 44.4 Å². The van der Waals surface area contributed by atoms with E-state index in [4.69, 9.17) is 0 Å². The molecular formula is C20H22N6O. The molecule has 1 saturated carbocycles. The van der Waals surface area contributed by atoms with E-state index in [0.29, 0.717) is 11.6 Å². The van der Waals surface area contributed by atoms with Crippen molar-refractivity contribution in [2.45, 2.75) is 24.8 Å². The lowest BCUT2D eigenvalue weighted by atomic mass is 10.1. The number of aryl methyl sites for hydroxylation is 1. The Morgan fingerprint density at radius 1 is 1.11 bits per heavy atom. The maximum absolute atomic E-state index is 13.0. The molecule has 2 aliphatic rings. The number of hydrogen-bond acceptors (Lipinski definition) is 5. The van der Waals surface area contributed by atoms with E-state index in [0.717, 1.165) is 35.5 Å². The first-order valence-corrected chi connectivity index (χ1v) is 9.39. The van der Waals surface area contributed by atoms with Gasteiger partial charge in [0.15, 0.2) is 11.5 Å². The third-order valence-electron chi connectivity index (χ3n) is 5.68. The minimum atomic E-state index is -0.0355. The average Bonchev–Trinajstić information content (AvgIpc) is 3.45. The third-order valence-corrected chi connectivity index (χ3v) is 5.68. The Balaban J connectivity index is 1.28. The van der Waals surface area contributed by atoms with Crippen LogP contribution in [-0.4, -0.2) is 57.0 Å². The highest BCUT2D eigenvalue weighted by molar-refractivity contribution is 6.04. The van der Waals surface area contributed by atoms with Crippen LogP contribution in [0.4, 0.5) is 5.82 Å². The van der Waals surface area contributed by atoms with Crippen LogP contribution in [-0.2, 0) is 7.05 Å². The maximum Gasteiger partial charge on any atom is 0.275 e. The predicted octanol–water partition coefficient (Wildman–Crippen LogP) is 2.20. The molecule has 1 aliphatic carbocycles. The summed E-state index contributed by atoms with van der Waals surface area (Å²) in [6.45, 7) is 1.54. The molecule has 0 radical (unpaired) electrons. The molecule has 3 heterocycles. The Hall–Kier alpha value is -2.96. The van der Waals surface area contributed by atoms with Crippen molar-refractivity contribution in [1.29, 1.82) is 0 Å². The Bertz CT molecular complexity index is 1000. The number of fused-ring (bicyclic) bond motifs is 1. The number of hydrogen-bond donors (Lipinski definition) is 0. The fourth-order valence-electron chi connectivity index (χ4n) is 3.69. The number of nitrogens with zero attached hydrogens (tertiary/aromatic N) is 6. The summed E-state index contributed by atoms with van der Waals surface area (Å²) in [5.41, 5.74) is 2.59. The molecule has 1 saturated heterocycles. The molecule has 2 fully saturated rings. The molecular weight excluding hydrogens is 340 g/mol. The highest BCUT2D eigenvalue weighted by atomic mass is 16.2. The van der Waals surface area contributed by atoms with Crippen LogP contribution in [0.2, 0.25) is 0 Å². The SMILES string of the molecule is CN(C(=O)c1nn(C)c2ccccc12)C1CN(c2ccc(C3CC3)nn2)C1. The molecule has 1 amide bonds. The summed E-state index contributed by atoms with van der Waals surface area (Å²) >= 11 is 0. The number of para-hydroxylation sites is 1. The molecule has 0 bridgehead atoms. The molecule has 1 aromatic carbocycles. The van der Waals surface area contributed by atoms with Crippen molar-refractivity contribution >= 4 is 22.6 Å². The highest BCUT2D eigenvalue weighted by Crippen LogP contribution is 2.39. The van der Waals surface area contributed by atoms with Gasteiger partial charge in [-0.15, -0.1) is 5.10 Å². The Kier molecular flexibility index (Phi) is 3.63. The Morgan fingerprint density at radius 2 is 1.89 bits per heavy atom. The molecule has 0 atom stereocenters. The summed E-state index contributed by atoms with van der Waals surface area (Å²) in [5, 5.41) is 14.1. The van der Waals surface area contributed by atoms with E-state index in [2.05, 4.69) is 26.3 Å². The van der Waals surface area contributed by atoms with Crippen molar-refractivity contribution in [1.82, 2.24) is 24.9 Å². The molecule has 27 heavy (non-hydrogen) atoms. The summed E-state index contributed by atoms with van der Waals surface area (Å²) in [4.78, 5) is 16.9. The largest absolute Gasteiger partial charge is 0.351 e. The second kappa shape index (κ2) is 6.04. The van der Waals surface area contributed by atoms with Crippen molar-refractivity contribution in [3.63, 3.8) is 0 Å². The van der Waals surface area contributed by atoms with Gasteiger partial charge in [0.1, 0.15) is 0 Å². The number of aromatic nitrogens is 4. The van der Waals surface area contributed by atoms with Crippen LogP contribution >= 0.6 is 0 Å². The van der Waals surface area contributed by atoms with Gasteiger partial charge in [-0.05, 0) is 31.0 Å². The minimum Gasteiger partial charge on any atom is -0.351 e. The van der Waals surface area contributed by atoms with Crippen molar-refractivity contribution < 1.29 is 4.79 Å². The molecule has 0 N–H and O–H groups in total. The first kappa shape index (κ1) is 16.2. The lowest BCUT2D eigenvalue weighted by Crippen LogP contribution is -2.60. The van der Waals surface area contributed by atoms with Crippen LogP contribution in [0.1, 0.15) is 34.9 Å². The molecule has 7 heteroatoms. The molecule has 138 valence electrons. The topological polar surface area (TPSA) is 67.2 Å². The second-order valence-electron chi connectivity index (χ2n) is 7.55. The summed E-state index contributed by atoms with van der Waals surface area (Å²) < 4.78 is 1.76. The van der Waals surface area contributed by atoms with E-state index in [1.165, 1.54) is 12.8 Å². The quantitative estimate of drug-likeness (QED) is 0.712. The zero-order chi connectivity index (χ0) is 18.5. The van der Waals surface area contributed by atoms with Crippen molar-refractivity contribution in [3.05, 3.63) is 47.8 Å². The number of rotatable bonds is 4. The van der Waals surface area contributed by atoms with Crippen LogP contribution < -0.4 is 4.90 Å². The van der Waals surface area contributed by atoms with Crippen LogP contribution in [0.25, 0.3) is 10.9 Å². The van der Waals surface area contributed by atoms with E-state index in [-0.39, 0.29) is 11.9 Å². The lowest BCUT2D eigenvalue weighted by molar-refractivity contribution is 0.0700. The zero-order valence-corrected chi connectivity index (χ0v) is 15.5. The van der Waals surface area contributed by atoms with Gasteiger partial charge < -0.3 is 9.80 Å². The molecule has 1 aliphatic heterocycles. The number of carbonyl (C=O) groups excluding carboxylic acids is 1. The molecule has 5 rings (SSSR count). The van der Waals surface area contributed by atoms with Gasteiger partial charge in [-0.25, -0.2) is 0 Å². The molecule has 2 aromatic heterocycles. The number of amides is 1. The van der Waals surface area contributed by atoms with Crippen molar-refractivity contribution in [2.75, 3.05) is 25.0 Å². The Morgan fingerprint density at radius 3 is 2.59 bits per heavy atom. The number of anilines is 1. The monoisotopic (exact) mass is 362 g/mol. The lowest BCUT2D eigenvalue weighted by Gasteiger charge is -2.44. The first-order chi connectivity index (χ1) is 13.1. The van der Waals surface area contributed by atoms with E-state index >= 15 is 0 Å². The second-order valence-corrected chi connectivity index (χ2v) is 7.55. The molecule has 0 spiro atoms. The maximum atomic E-state index is 13.0. The van der Waals surface area contributed by atoms with E-state index in [1.54, 1.807) is 9.58 Å². The van der Waals surface area contributed by atoms with Gasteiger partial charge in [0.2, 0.25) is 0 Å². The highest BCUT2D eigenvalue weighted by Gasteiger charge is 2.35. The summed E-state index contributed by atoms with van der Waals surface area (Å²) in [6.07, 6.45) is 2.46. The zero-order valence-electron chi connectivity index (χ0n) is 15.5. The van der Waals surface area contributed by atoms with Gasteiger partial charge in [-0.1, -0.05) is 18.2 Å². The first-order valence-electron chi connectivity index (χ1n) is 9.39. The number of likely N-dealkylation sites (N-methyl/N-ethyl adjacent to an activating group) is 1. The summed E-state index contributed by atoms with van der Waals surface area (Å²) in [6, 6.07) is 12.1. The third kappa shape index (κ3) is 2.74. The van der Waals surface area contributed by atoms with Gasteiger partial charge in [0.25, 0.3) is 5.91 Å². The minimum absolute atomic E-state index is 0.0355. The van der Waals surface area contributed by atoms with E-state index < -0.39 is 0 Å². The van der Waals surface area contributed by atoms with Gasteiger partial charge in [-0.2, -0.15) is 10.2 Å². The van der Waals surface area contributed by atoms with Gasteiger partial charge in [0.05, 0.1) is 17.3 Å². The van der Waals surface area contributed by atoms with Gasteiger partial charge in [0, 0.05) is 38.5 Å². The standard InChI is InChI=1S/C20H22N6O/c1-24(20(27)19-15-5-3-4-6-17(15)25(2)23-19)14-11-26(12-14)18-10-9-16(21-22-18)13-7-8-13/h3-6,9-10,13-14H,7-8,11-12H2,1-2H3. The fourth-order valence-corrected chi connectivity index (χ4v) is 3.69. The summed E-state index contributed by atoms with van der Waals surface area (Å²) in [5.74, 6) is 1.47. The fraction of sp³-hybridized carbons (Fsp3) is 0.400. The Labute approximate surface area is 157 Å². The summed E-state index contributed by atoms with van der Waals surface area (Å²) in [7, 11) is 3.73. The van der Waals surface area contributed by atoms with Crippen LogP contribution in [0.15, 0.2) is 36.4 Å². The van der Waals surface area contributed by atoms with E-state index in [9.17, 15) is 4.79 Å². The van der Waals surface area contributed by atoms with Crippen LogP contribution in [0.3, 0.4) is 0 Å². The van der Waals surface area contributed by atoms with Crippen LogP contribution in [0.5, 0.6) is 0 Å². The normalized spacial score (nSPS) is 17.2. The molecule has 0 unspecified atom stereocenters.